The van der Waals surface area contributed by atoms with Crippen molar-refractivity contribution in [2.24, 2.45) is 5.92 Å². The first-order valence-electron chi connectivity index (χ1n) is 7.89. The minimum absolute atomic E-state index is 0.200. The fourth-order valence-corrected chi connectivity index (χ4v) is 3.03. The van der Waals surface area contributed by atoms with Crippen LogP contribution in [-0.4, -0.2) is 12.5 Å². The second-order valence-electron chi connectivity index (χ2n) is 5.77. The lowest BCUT2D eigenvalue weighted by molar-refractivity contribution is -0.122. The zero-order valence-electron chi connectivity index (χ0n) is 12.5. The molecular formula is C17H26N2O. The van der Waals surface area contributed by atoms with E-state index in [0.29, 0.717) is 5.91 Å². The van der Waals surface area contributed by atoms with E-state index in [1.54, 1.807) is 0 Å². The summed E-state index contributed by atoms with van der Waals surface area (Å²) >= 11 is 0. The standard InChI is InChI=1S/C17H26N2O/c1-2-12-19(16-11-7-10-15(18)13-16)17(20)14-8-5-3-4-6-9-14/h7,10-11,13-14H,2-6,8-9,12,18H2,1H3. The first-order valence-corrected chi connectivity index (χ1v) is 7.89. The summed E-state index contributed by atoms with van der Waals surface area (Å²) in [5.74, 6) is 0.491. The fraction of sp³-hybridized carbons (Fsp3) is 0.588. The van der Waals surface area contributed by atoms with Crippen LogP contribution < -0.4 is 10.6 Å². The van der Waals surface area contributed by atoms with Crippen molar-refractivity contribution >= 4 is 17.3 Å². The topological polar surface area (TPSA) is 46.3 Å². The Labute approximate surface area is 122 Å². The Kier molecular flexibility index (Phi) is 5.45. The SMILES string of the molecule is CCCN(C(=O)C1CCCCCC1)c1cccc(N)c1. The van der Waals surface area contributed by atoms with Gasteiger partial charge >= 0.3 is 0 Å². The molecule has 3 heteroatoms. The molecule has 1 aliphatic carbocycles. The highest BCUT2D eigenvalue weighted by Crippen LogP contribution is 2.27. The van der Waals surface area contributed by atoms with Crippen molar-refractivity contribution in [2.45, 2.75) is 51.9 Å². The van der Waals surface area contributed by atoms with Gasteiger partial charge in [0.05, 0.1) is 0 Å². The zero-order valence-corrected chi connectivity index (χ0v) is 12.5. The maximum Gasteiger partial charge on any atom is 0.230 e. The highest BCUT2D eigenvalue weighted by molar-refractivity contribution is 5.95. The molecule has 110 valence electrons. The van der Waals surface area contributed by atoms with Crippen LogP contribution in [0.1, 0.15) is 51.9 Å². The molecule has 1 amide bonds. The van der Waals surface area contributed by atoms with Crippen LogP contribution in [0, 0.1) is 5.92 Å². The minimum Gasteiger partial charge on any atom is -0.399 e. The third-order valence-corrected chi connectivity index (χ3v) is 4.10. The van der Waals surface area contributed by atoms with Gasteiger partial charge in [-0.2, -0.15) is 0 Å². The number of amides is 1. The van der Waals surface area contributed by atoms with Crippen molar-refractivity contribution in [3.05, 3.63) is 24.3 Å². The van der Waals surface area contributed by atoms with E-state index in [9.17, 15) is 4.79 Å². The molecule has 0 heterocycles. The predicted octanol–water partition coefficient (Wildman–Crippen LogP) is 3.98. The van der Waals surface area contributed by atoms with E-state index in [0.717, 1.165) is 37.2 Å². The number of rotatable bonds is 4. The van der Waals surface area contributed by atoms with Gasteiger partial charge in [-0.15, -0.1) is 0 Å². The summed E-state index contributed by atoms with van der Waals surface area (Å²) < 4.78 is 0. The lowest BCUT2D eigenvalue weighted by Gasteiger charge is -2.27. The molecule has 0 spiro atoms. The van der Waals surface area contributed by atoms with Crippen LogP contribution in [0.15, 0.2) is 24.3 Å². The number of nitrogens with two attached hydrogens (primary N) is 1. The molecule has 2 rings (SSSR count). The minimum atomic E-state index is 0.200. The molecule has 1 aliphatic rings. The van der Waals surface area contributed by atoms with Crippen molar-refractivity contribution in [3.8, 4) is 0 Å². The Bertz CT molecular complexity index is 436. The van der Waals surface area contributed by atoms with Gasteiger partial charge in [-0.1, -0.05) is 38.7 Å². The first-order chi connectivity index (χ1) is 9.72. The second kappa shape index (κ2) is 7.32. The number of hydrogen-bond acceptors (Lipinski definition) is 2. The van der Waals surface area contributed by atoms with Crippen LogP contribution >= 0.6 is 0 Å². The molecule has 0 radical (unpaired) electrons. The van der Waals surface area contributed by atoms with E-state index in [1.807, 2.05) is 29.2 Å². The summed E-state index contributed by atoms with van der Waals surface area (Å²) in [5.41, 5.74) is 7.52. The van der Waals surface area contributed by atoms with E-state index < -0.39 is 0 Å². The molecule has 0 atom stereocenters. The van der Waals surface area contributed by atoms with E-state index in [-0.39, 0.29) is 5.92 Å². The van der Waals surface area contributed by atoms with E-state index in [4.69, 9.17) is 5.73 Å². The molecule has 0 unspecified atom stereocenters. The number of nitrogen functional groups attached to an aromatic ring is 1. The van der Waals surface area contributed by atoms with Crippen LogP contribution in [0.25, 0.3) is 0 Å². The van der Waals surface area contributed by atoms with Crippen LogP contribution in [-0.2, 0) is 4.79 Å². The molecule has 1 aromatic rings. The molecule has 0 aliphatic heterocycles. The Balaban J connectivity index is 2.16. The second-order valence-corrected chi connectivity index (χ2v) is 5.77. The molecule has 2 N–H and O–H groups in total. The lowest BCUT2D eigenvalue weighted by atomic mass is 9.98. The van der Waals surface area contributed by atoms with Crippen molar-refractivity contribution in [2.75, 3.05) is 17.2 Å². The Morgan fingerprint density at radius 2 is 1.95 bits per heavy atom. The molecule has 3 nitrogen and oxygen atoms in total. The van der Waals surface area contributed by atoms with Gasteiger partial charge in [-0.25, -0.2) is 0 Å². The molecule has 0 aromatic heterocycles. The third-order valence-electron chi connectivity index (χ3n) is 4.10. The summed E-state index contributed by atoms with van der Waals surface area (Å²) in [7, 11) is 0. The summed E-state index contributed by atoms with van der Waals surface area (Å²) in [6.07, 6.45) is 7.97. The van der Waals surface area contributed by atoms with Crippen molar-refractivity contribution < 1.29 is 4.79 Å². The maximum absolute atomic E-state index is 12.8. The molecule has 20 heavy (non-hydrogen) atoms. The molecule has 1 saturated carbocycles. The number of nitrogens with zero attached hydrogens (tertiary/aromatic N) is 1. The predicted molar refractivity (Wildman–Crippen MR) is 84.7 cm³/mol. The smallest absolute Gasteiger partial charge is 0.230 e. The zero-order chi connectivity index (χ0) is 14.4. The van der Waals surface area contributed by atoms with Crippen molar-refractivity contribution in [1.29, 1.82) is 0 Å². The lowest BCUT2D eigenvalue weighted by Crippen LogP contribution is -2.36. The number of anilines is 2. The quantitative estimate of drug-likeness (QED) is 0.666. The van der Waals surface area contributed by atoms with Crippen LogP contribution in [0.5, 0.6) is 0 Å². The van der Waals surface area contributed by atoms with Gasteiger partial charge in [-0.05, 0) is 37.5 Å². The van der Waals surface area contributed by atoms with Gasteiger partial charge in [0.2, 0.25) is 5.91 Å². The summed E-state index contributed by atoms with van der Waals surface area (Å²) in [5, 5.41) is 0. The highest BCUT2D eigenvalue weighted by Gasteiger charge is 2.25. The normalized spacial score (nSPS) is 16.6. The van der Waals surface area contributed by atoms with Gasteiger partial charge in [0, 0.05) is 23.8 Å². The number of hydrogen-bond donors (Lipinski definition) is 1. The molecule has 0 saturated heterocycles. The third kappa shape index (κ3) is 3.75. The molecular weight excluding hydrogens is 248 g/mol. The Morgan fingerprint density at radius 1 is 1.25 bits per heavy atom. The summed E-state index contributed by atoms with van der Waals surface area (Å²) in [4.78, 5) is 14.8. The van der Waals surface area contributed by atoms with E-state index in [2.05, 4.69) is 6.92 Å². The molecule has 1 aromatic carbocycles. The average Bonchev–Trinajstić information content (AvgIpc) is 2.73. The van der Waals surface area contributed by atoms with E-state index >= 15 is 0 Å². The Morgan fingerprint density at radius 3 is 2.55 bits per heavy atom. The summed E-state index contributed by atoms with van der Waals surface area (Å²) in [6.45, 7) is 2.89. The van der Waals surface area contributed by atoms with Crippen molar-refractivity contribution in [3.63, 3.8) is 0 Å². The van der Waals surface area contributed by atoms with Gasteiger partial charge in [0.15, 0.2) is 0 Å². The van der Waals surface area contributed by atoms with Crippen LogP contribution in [0.2, 0.25) is 0 Å². The maximum atomic E-state index is 12.8. The molecule has 1 fully saturated rings. The number of carbonyl (C=O) groups excluding carboxylic acids is 1. The summed E-state index contributed by atoms with van der Waals surface area (Å²) in [6, 6.07) is 7.68. The number of benzene rings is 1. The van der Waals surface area contributed by atoms with E-state index in [1.165, 1.54) is 25.7 Å². The van der Waals surface area contributed by atoms with Gasteiger partial charge in [0.25, 0.3) is 0 Å². The largest absolute Gasteiger partial charge is 0.399 e. The first kappa shape index (κ1) is 14.9. The highest BCUT2D eigenvalue weighted by atomic mass is 16.2. The fourth-order valence-electron chi connectivity index (χ4n) is 3.03. The van der Waals surface area contributed by atoms with Crippen molar-refractivity contribution in [1.82, 2.24) is 0 Å². The Hall–Kier alpha value is -1.51. The van der Waals surface area contributed by atoms with Crippen LogP contribution in [0.4, 0.5) is 11.4 Å². The van der Waals surface area contributed by atoms with Gasteiger partial charge < -0.3 is 10.6 Å². The van der Waals surface area contributed by atoms with Gasteiger partial charge in [0.1, 0.15) is 0 Å². The molecule has 0 bridgehead atoms. The van der Waals surface area contributed by atoms with Crippen LogP contribution in [0.3, 0.4) is 0 Å². The van der Waals surface area contributed by atoms with Gasteiger partial charge in [-0.3, -0.25) is 4.79 Å². The number of carbonyl (C=O) groups is 1. The average molecular weight is 274 g/mol. The monoisotopic (exact) mass is 274 g/mol.